The van der Waals surface area contributed by atoms with Gasteiger partial charge in [0.2, 0.25) is 5.91 Å². The highest BCUT2D eigenvalue weighted by atomic mass is 19.1. The number of carbonyl (C=O) groups is 1. The molecule has 0 fully saturated rings. The third-order valence-electron chi connectivity index (χ3n) is 4.51. The summed E-state index contributed by atoms with van der Waals surface area (Å²) in [5, 5.41) is 7.44. The van der Waals surface area contributed by atoms with Crippen molar-refractivity contribution < 1.29 is 9.18 Å². The van der Waals surface area contributed by atoms with Crippen molar-refractivity contribution in [3.05, 3.63) is 72.2 Å². The number of benzene rings is 2. The molecule has 0 aliphatic rings. The minimum atomic E-state index is -0.245. The van der Waals surface area contributed by atoms with Crippen LogP contribution in [0.1, 0.15) is 12.1 Å². The van der Waals surface area contributed by atoms with Crippen molar-refractivity contribution in [1.82, 2.24) is 14.7 Å². The van der Waals surface area contributed by atoms with Crippen LogP contribution in [0, 0.1) is 5.82 Å². The topological polar surface area (TPSA) is 50.2 Å². The molecule has 2 aromatic carbocycles. The molecule has 5 nitrogen and oxygen atoms in total. The van der Waals surface area contributed by atoms with E-state index in [0.29, 0.717) is 6.54 Å². The van der Waals surface area contributed by atoms with Crippen molar-refractivity contribution in [3.63, 3.8) is 0 Å². The molecule has 0 radical (unpaired) electrons. The number of nitrogens with one attached hydrogen (secondary N) is 1. The van der Waals surface area contributed by atoms with Crippen LogP contribution in [0.4, 0.5) is 10.1 Å². The van der Waals surface area contributed by atoms with Crippen molar-refractivity contribution in [2.24, 2.45) is 7.05 Å². The lowest BCUT2D eigenvalue weighted by Crippen LogP contribution is -2.31. The zero-order valence-electron chi connectivity index (χ0n) is 16.2. The lowest BCUT2D eigenvalue weighted by molar-refractivity contribution is -0.117. The predicted octanol–water partition coefficient (Wildman–Crippen LogP) is 3.73. The Hall–Kier alpha value is -2.99. The van der Waals surface area contributed by atoms with Crippen molar-refractivity contribution in [2.45, 2.75) is 12.8 Å². The van der Waals surface area contributed by atoms with Crippen molar-refractivity contribution >= 4 is 11.6 Å². The Bertz CT molecular complexity index is 906. The van der Waals surface area contributed by atoms with Gasteiger partial charge < -0.3 is 5.32 Å². The lowest BCUT2D eigenvalue weighted by Gasteiger charge is -2.15. The number of hydrogen-bond donors (Lipinski definition) is 1. The van der Waals surface area contributed by atoms with Gasteiger partial charge in [-0.1, -0.05) is 18.2 Å². The molecule has 0 bridgehead atoms. The fourth-order valence-corrected chi connectivity index (χ4v) is 3.12. The van der Waals surface area contributed by atoms with Crippen LogP contribution in [0.15, 0.2) is 60.7 Å². The Balaban J connectivity index is 1.46. The number of carbonyl (C=O) groups excluding carboxylic acids is 1. The molecule has 0 saturated carbocycles. The van der Waals surface area contributed by atoms with E-state index < -0.39 is 0 Å². The third kappa shape index (κ3) is 5.50. The smallest absolute Gasteiger partial charge is 0.238 e. The summed E-state index contributed by atoms with van der Waals surface area (Å²) in [6.45, 7) is 1.14. The predicted molar refractivity (Wildman–Crippen MR) is 109 cm³/mol. The van der Waals surface area contributed by atoms with Gasteiger partial charge in [0.25, 0.3) is 0 Å². The molecular weight excluding hydrogens is 355 g/mol. The summed E-state index contributed by atoms with van der Waals surface area (Å²) in [4.78, 5) is 14.1. The normalized spacial score (nSPS) is 11.0. The van der Waals surface area contributed by atoms with Crippen molar-refractivity contribution in [3.8, 4) is 11.3 Å². The van der Waals surface area contributed by atoms with E-state index in [-0.39, 0.29) is 11.7 Å². The highest BCUT2D eigenvalue weighted by Crippen LogP contribution is 2.20. The molecule has 0 spiro atoms. The highest BCUT2D eigenvalue weighted by molar-refractivity contribution is 5.92. The van der Waals surface area contributed by atoms with Crippen LogP contribution in [0.25, 0.3) is 11.3 Å². The standard InChI is InChI=1S/C22H25FN4O/c1-26(16-22(28)24-19-7-4-3-5-8-19)14-6-9-20-15-21(27(2)25-20)17-10-12-18(23)13-11-17/h3-5,7-8,10-13,15H,6,9,14,16H2,1-2H3,(H,24,28). The average Bonchev–Trinajstić information content (AvgIpc) is 3.03. The summed E-state index contributed by atoms with van der Waals surface area (Å²) in [5.41, 5.74) is 3.70. The molecule has 3 rings (SSSR count). The Morgan fingerprint density at radius 2 is 1.86 bits per heavy atom. The number of nitrogens with zero attached hydrogens (tertiary/aromatic N) is 3. The van der Waals surface area contributed by atoms with E-state index in [0.717, 1.165) is 42.0 Å². The number of hydrogen-bond acceptors (Lipinski definition) is 3. The number of rotatable bonds is 8. The summed E-state index contributed by atoms with van der Waals surface area (Å²) < 4.78 is 14.9. The Morgan fingerprint density at radius 3 is 2.57 bits per heavy atom. The van der Waals surface area contributed by atoms with E-state index in [1.54, 1.807) is 12.1 Å². The third-order valence-corrected chi connectivity index (χ3v) is 4.51. The maximum atomic E-state index is 13.1. The van der Waals surface area contributed by atoms with Crippen LogP contribution in [-0.4, -0.2) is 40.7 Å². The largest absolute Gasteiger partial charge is 0.325 e. The first-order valence-electron chi connectivity index (χ1n) is 9.33. The molecule has 1 aromatic heterocycles. The number of aromatic nitrogens is 2. The van der Waals surface area contributed by atoms with Crippen LogP contribution >= 0.6 is 0 Å². The van der Waals surface area contributed by atoms with E-state index in [1.165, 1.54) is 12.1 Å². The molecule has 146 valence electrons. The molecule has 28 heavy (non-hydrogen) atoms. The highest BCUT2D eigenvalue weighted by Gasteiger charge is 2.10. The van der Waals surface area contributed by atoms with Gasteiger partial charge in [-0.25, -0.2) is 4.39 Å². The molecule has 0 unspecified atom stereocenters. The van der Waals surface area contributed by atoms with Crippen LogP contribution in [0.5, 0.6) is 0 Å². The fraction of sp³-hybridized carbons (Fsp3) is 0.273. The molecule has 3 aromatic rings. The fourth-order valence-electron chi connectivity index (χ4n) is 3.12. The van der Waals surface area contributed by atoms with Crippen LogP contribution in [-0.2, 0) is 18.3 Å². The number of aryl methyl sites for hydroxylation is 2. The van der Waals surface area contributed by atoms with Crippen LogP contribution in [0.2, 0.25) is 0 Å². The first kappa shape index (κ1) is 19.8. The minimum absolute atomic E-state index is 0.0230. The van der Waals surface area contributed by atoms with Gasteiger partial charge in [0.1, 0.15) is 5.82 Å². The zero-order valence-corrected chi connectivity index (χ0v) is 16.2. The molecule has 1 N–H and O–H groups in total. The second kappa shape index (κ2) is 9.28. The maximum absolute atomic E-state index is 13.1. The molecular formula is C22H25FN4O. The molecule has 1 heterocycles. The lowest BCUT2D eigenvalue weighted by atomic mass is 10.1. The van der Waals surface area contributed by atoms with Gasteiger partial charge in [-0.15, -0.1) is 0 Å². The summed E-state index contributed by atoms with van der Waals surface area (Å²) in [7, 11) is 3.83. The number of anilines is 1. The van der Waals surface area contributed by atoms with E-state index in [1.807, 2.05) is 60.1 Å². The number of amides is 1. The molecule has 6 heteroatoms. The molecule has 0 aliphatic carbocycles. The first-order chi connectivity index (χ1) is 13.5. The van der Waals surface area contributed by atoms with Gasteiger partial charge in [0.05, 0.1) is 17.9 Å². The summed E-state index contributed by atoms with van der Waals surface area (Å²) >= 11 is 0. The van der Waals surface area contributed by atoms with E-state index in [9.17, 15) is 9.18 Å². The van der Waals surface area contributed by atoms with Gasteiger partial charge in [-0.3, -0.25) is 14.4 Å². The van der Waals surface area contributed by atoms with E-state index in [4.69, 9.17) is 0 Å². The van der Waals surface area contributed by atoms with Gasteiger partial charge >= 0.3 is 0 Å². The van der Waals surface area contributed by atoms with Gasteiger partial charge in [-0.2, -0.15) is 5.10 Å². The molecule has 0 atom stereocenters. The van der Waals surface area contributed by atoms with E-state index in [2.05, 4.69) is 10.4 Å². The summed E-state index contributed by atoms with van der Waals surface area (Å²) in [6, 6.07) is 17.9. The molecule has 0 saturated heterocycles. The SMILES string of the molecule is CN(CCCc1cc(-c2ccc(F)cc2)n(C)n1)CC(=O)Nc1ccccc1. The molecule has 1 amide bonds. The summed E-state index contributed by atoms with van der Waals surface area (Å²) in [6.07, 6.45) is 1.72. The maximum Gasteiger partial charge on any atom is 0.238 e. The molecule has 0 aliphatic heterocycles. The van der Waals surface area contributed by atoms with Gasteiger partial charge in [0.15, 0.2) is 0 Å². The van der Waals surface area contributed by atoms with E-state index >= 15 is 0 Å². The number of para-hydroxylation sites is 1. The Morgan fingerprint density at radius 1 is 1.14 bits per heavy atom. The zero-order chi connectivity index (χ0) is 19.9. The first-order valence-corrected chi connectivity index (χ1v) is 9.33. The van der Waals surface area contributed by atoms with Crippen molar-refractivity contribution in [2.75, 3.05) is 25.5 Å². The van der Waals surface area contributed by atoms with Gasteiger partial charge in [0, 0.05) is 12.7 Å². The van der Waals surface area contributed by atoms with Crippen molar-refractivity contribution in [1.29, 1.82) is 0 Å². The Kier molecular flexibility index (Phi) is 6.55. The summed E-state index contributed by atoms with van der Waals surface area (Å²) in [5.74, 6) is -0.268. The number of halogens is 1. The second-order valence-electron chi connectivity index (χ2n) is 6.91. The average molecular weight is 380 g/mol. The van der Waals surface area contributed by atoms with Crippen LogP contribution < -0.4 is 5.32 Å². The minimum Gasteiger partial charge on any atom is -0.325 e. The van der Waals surface area contributed by atoms with Crippen LogP contribution in [0.3, 0.4) is 0 Å². The quantitative estimate of drug-likeness (QED) is 0.648. The Labute approximate surface area is 164 Å². The number of likely N-dealkylation sites (N-methyl/N-ethyl adjacent to an activating group) is 1. The second-order valence-corrected chi connectivity index (χ2v) is 6.91. The van der Waals surface area contributed by atoms with Gasteiger partial charge in [-0.05, 0) is 74.5 Å². The monoisotopic (exact) mass is 380 g/mol.